The molecule has 6 nitrogen and oxygen atoms in total. The minimum absolute atomic E-state index is 0.0659. The second-order valence-electron chi connectivity index (χ2n) is 8.98. The van der Waals surface area contributed by atoms with Crippen molar-refractivity contribution >= 4 is 44.2 Å². The second-order valence-corrected chi connectivity index (χ2v) is 10.0. The van der Waals surface area contributed by atoms with Crippen LogP contribution in [0.3, 0.4) is 0 Å². The van der Waals surface area contributed by atoms with Crippen LogP contribution in [0.5, 0.6) is 0 Å². The molecule has 3 aromatic carbocycles. The number of halogens is 3. The van der Waals surface area contributed by atoms with Crippen molar-refractivity contribution in [1.82, 2.24) is 10.3 Å². The van der Waals surface area contributed by atoms with Gasteiger partial charge < -0.3 is 15.7 Å². The average Bonchev–Trinajstić information content (AvgIpc) is 3.63. The van der Waals surface area contributed by atoms with Gasteiger partial charge in [-0.3, -0.25) is 4.79 Å². The maximum absolute atomic E-state index is 12.6. The smallest absolute Gasteiger partial charge is 0.391 e. The van der Waals surface area contributed by atoms with E-state index < -0.39 is 30.5 Å². The van der Waals surface area contributed by atoms with E-state index in [4.69, 9.17) is 5.11 Å². The molecule has 5 rings (SSSR count). The zero-order valence-electron chi connectivity index (χ0n) is 19.4. The maximum Gasteiger partial charge on any atom is 0.391 e. The number of alkyl halides is 3. The number of carboxylic acid groups (broad SMARTS) is 1. The number of rotatable bonds is 8. The lowest BCUT2D eigenvalue weighted by Gasteiger charge is -2.16. The molecule has 0 saturated heterocycles. The minimum atomic E-state index is -4.71. The highest BCUT2D eigenvalue weighted by atomic mass is 32.1. The van der Waals surface area contributed by atoms with Gasteiger partial charge in [0.25, 0.3) is 5.91 Å². The van der Waals surface area contributed by atoms with Crippen LogP contribution < -0.4 is 10.6 Å². The summed E-state index contributed by atoms with van der Waals surface area (Å²) in [7, 11) is 0. The Bertz CT molecular complexity index is 1450. The topological polar surface area (TPSA) is 91.3 Å². The first kappa shape index (κ1) is 24.8. The molecule has 1 atom stereocenters. The number of anilines is 2. The first-order valence-electron chi connectivity index (χ1n) is 11.6. The third-order valence-corrected chi connectivity index (χ3v) is 7.05. The number of thiazole rings is 1. The molecule has 3 N–H and O–H groups in total. The van der Waals surface area contributed by atoms with Crippen LogP contribution in [0.4, 0.5) is 24.0 Å². The zero-order chi connectivity index (χ0) is 26.2. The molecular weight excluding hydrogens is 503 g/mol. The van der Waals surface area contributed by atoms with Gasteiger partial charge in [-0.15, -0.1) is 0 Å². The molecule has 0 spiro atoms. The van der Waals surface area contributed by atoms with Gasteiger partial charge in [0.05, 0.1) is 16.6 Å². The van der Waals surface area contributed by atoms with E-state index in [1.165, 1.54) is 30.5 Å². The highest BCUT2D eigenvalue weighted by molar-refractivity contribution is 7.22. The summed E-state index contributed by atoms with van der Waals surface area (Å²) >= 11 is 1.61. The van der Waals surface area contributed by atoms with Crippen LogP contribution >= 0.6 is 11.3 Å². The van der Waals surface area contributed by atoms with Gasteiger partial charge >= 0.3 is 12.1 Å². The number of amides is 1. The molecule has 0 radical (unpaired) electrons. The SMILES string of the molecule is O=C(NC(CC(F)(F)F)C(=O)O)c1ccc(-c2ccc(Nc3nc4ccc(C5CC5)cc4s3)cc2)cc1. The summed E-state index contributed by atoms with van der Waals surface area (Å²) in [5, 5.41) is 15.0. The number of carboxylic acids is 1. The van der Waals surface area contributed by atoms with Crippen LogP contribution in [0.15, 0.2) is 66.7 Å². The Morgan fingerprint density at radius 3 is 2.24 bits per heavy atom. The number of aromatic nitrogens is 1. The van der Waals surface area contributed by atoms with E-state index >= 15 is 0 Å². The van der Waals surface area contributed by atoms with Crippen molar-refractivity contribution in [3.8, 4) is 11.1 Å². The number of hydrogen-bond donors (Lipinski definition) is 3. The van der Waals surface area contributed by atoms with Gasteiger partial charge in [0.15, 0.2) is 5.13 Å². The van der Waals surface area contributed by atoms with Crippen LogP contribution in [-0.4, -0.2) is 34.2 Å². The molecule has 1 amide bonds. The van der Waals surface area contributed by atoms with Crippen molar-refractivity contribution in [3.05, 3.63) is 77.9 Å². The average molecular weight is 526 g/mol. The first-order valence-corrected chi connectivity index (χ1v) is 12.4. The molecular formula is C27H22F3N3O3S. The van der Waals surface area contributed by atoms with Crippen molar-refractivity contribution in [2.75, 3.05) is 5.32 Å². The van der Waals surface area contributed by atoms with E-state index in [1.807, 2.05) is 29.6 Å². The Balaban J connectivity index is 1.23. The fourth-order valence-electron chi connectivity index (χ4n) is 4.02. The van der Waals surface area contributed by atoms with E-state index in [0.717, 1.165) is 32.2 Å². The van der Waals surface area contributed by atoms with Crippen molar-refractivity contribution in [1.29, 1.82) is 0 Å². The third-order valence-electron chi connectivity index (χ3n) is 6.12. The number of nitrogens with zero attached hydrogens (tertiary/aromatic N) is 1. The van der Waals surface area contributed by atoms with Crippen LogP contribution in [-0.2, 0) is 4.79 Å². The summed E-state index contributed by atoms with van der Waals surface area (Å²) < 4.78 is 38.9. The van der Waals surface area contributed by atoms with Crippen molar-refractivity contribution < 1.29 is 27.9 Å². The summed E-state index contributed by atoms with van der Waals surface area (Å²) in [5.74, 6) is -1.94. The highest BCUT2D eigenvalue weighted by Gasteiger charge is 2.36. The van der Waals surface area contributed by atoms with Crippen molar-refractivity contribution in [2.24, 2.45) is 0 Å². The summed E-state index contributed by atoms with van der Waals surface area (Å²) in [5.41, 5.74) is 4.93. The number of fused-ring (bicyclic) bond motifs is 1. The molecule has 37 heavy (non-hydrogen) atoms. The first-order chi connectivity index (χ1) is 17.6. The molecule has 10 heteroatoms. The van der Waals surface area contributed by atoms with E-state index in [1.54, 1.807) is 23.5 Å². The highest BCUT2D eigenvalue weighted by Crippen LogP contribution is 2.42. The number of aliphatic carboxylic acids is 1. The molecule has 1 aliphatic carbocycles. The van der Waals surface area contributed by atoms with Crippen LogP contribution in [0, 0.1) is 0 Å². The second kappa shape index (κ2) is 9.85. The van der Waals surface area contributed by atoms with Crippen LogP contribution in [0.2, 0.25) is 0 Å². The molecule has 1 aromatic heterocycles. The lowest BCUT2D eigenvalue weighted by molar-refractivity contribution is -0.157. The van der Waals surface area contributed by atoms with Gasteiger partial charge in [-0.1, -0.05) is 41.7 Å². The largest absolute Gasteiger partial charge is 0.480 e. The molecule has 1 saturated carbocycles. The Labute approximate surface area is 214 Å². The van der Waals surface area contributed by atoms with Crippen LogP contribution in [0.25, 0.3) is 21.3 Å². The predicted molar refractivity (Wildman–Crippen MR) is 136 cm³/mol. The number of nitrogens with one attached hydrogen (secondary N) is 2. The standard InChI is InChI=1S/C27H22F3N3O3S/c28-27(29,30)14-22(25(35)36)32-24(34)18-5-3-15(4-6-18)16-7-10-20(11-8-16)31-26-33-21-12-9-19(17-1-2-17)13-23(21)37-26/h3-13,17,22H,1-2,14H2,(H,31,33)(H,32,34)(H,35,36). The lowest BCUT2D eigenvalue weighted by Crippen LogP contribution is -2.43. The quantitative estimate of drug-likeness (QED) is 0.238. The predicted octanol–water partition coefficient (Wildman–Crippen LogP) is 6.72. The minimum Gasteiger partial charge on any atom is -0.480 e. The van der Waals surface area contributed by atoms with Gasteiger partial charge in [0, 0.05) is 11.3 Å². The number of carbonyl (C=O) groups excluding carboxylic acids is 1. The van der Waals surface area contributed by atoms with Gasteiger partial charge in [0.1, 0.15) is 6.04 Å². The van der Waals surface area contributed by atoms with Gasteiger partial charge in [-0.25, -0.2) is 9.78 Å². The Morgan fingerprint density at radius 2 is 1.65 bits per heavy atom. The van der Waals surface area contributed by atoms with E-state index in [-0.39, 0.29) is 5.56 Å². The van der Waals surface area contributed by atoms with E-state index in [9.17, 15) is 22.8 Å². The molecule has 0 aliphatic heterocycles. The molecule has 0 bridgehead atoms. The molecule has 1 aliphatic rings. The van der Waals surface area contributed by atoms with E-state index in [2.05, 4.69) is 28.5 Å². The lowest BCUT2D eigenvalue weighted by atomic mass is 10.0. The summed E-state index contributed by atoms with van der Waals surface area (Å²) in [6, 6.07) is 18.2. The number of benzene rings is 3. The summed E-state index contributed by atoms with van der Waals surface area (Å²) in [4.78, 5) is 28.0. The maximum atomic E-state index is 12.6. The van der Waals surface area contributed by atoms with Crippen molar-refractivity contribution in [3.63, 3.8) is 0 Å². The molecule has 4 aromatic rings. The molecule has 1 fully saturated rings. The monoisotopic (exact) mass is 525 g/mol. The fourth-order valence-corrected chi connectivity index (χ4v) is 4.96. The van der Waals surface area contributed by atoms with Gasteiger partial charge in [0.2, 0.25) is 0 Å². The van der Waals surface area contributed by atoms with Crippen molar-refractivity contribution in [2.45, 2.75) is 37.4 Å². The van der Waals surface area contributed by atoms with Gasteiger partial charge in [-0.05, 0) is 71.8 Å². The summed E-state index contributed by atoms with van der Waals surface area (Å²) in [6.07, 6.45) is -3.85. The summed E-state index contributed by atoms with van der Waals surface area (Å²) in [6.45, 7) is 0. The molecule has 1 unspecified atom stereocenters. The van der Waals surface area contributed by atoms with Gasteiger partial charge in [-0.2, -0.15) is 13.2 Å². The number of carbonyl (C=O) groups is 2. The number of hydrogen-bond acceptors (Lipinski definition) is 5. The molecule has 1 heterocycles. The normalized spacial score (nSPS) is 14.4. The van der Waals surface area contributed by atoms with Crippen LogP contribution in [0.1, 0.15) is 41.1 Å². The zero-order valence-corrected chi connectivity index (χ0v) is 20.2. The fraction of sp³-hybridized carbons (Fsp3) is 0.222. The van der Waals surface area contributed by atoms with E-state index in [0.29, 0.717) is 5.92 Å². The Kier molecular flexibility index (Phi) is 6.59. The Hall–Kier alpha value is -3.92. The Morgan fingerprint density at radius 1 is 1.00 bits per heavy atom. The molecule has 190 valence electrons. The third kappa shape index (κ3) is 6.08.